The van der Waals surface area contributed by atoms with Gasteiger partial charge in [-0.3, -0.25) is 14.5 Å². The number of rotatable bonds is 7. The maximum absolute atomic E-state index is 12.4. The Morgan fingerprint density at radius 3 is 2.58 bits per heavy atom. The van der Waals surface area contributed by atoms with Crippen molar-refractivity contribution in [2.45, 2.75) is 33.2 Å². The fourth-order valence-corrected chi connectivity index (χ4v) is 2.59. The Morgan fingerprint density at radius 1 is 1.25 bits per heavy atom. The molecule has 1 N–H and O–H groups in total. The molecule has 1 aromatic carbocycles. The second kappa shape index (κ2) is 8.59. The first-order valence-corrected chi connectivity index (χ1v) is 8.44. The van der Waals surface area contributed by atoms with Crippen LogP contribution in [0.5, 0.6) is 0 Å². The van der Waals surface area contributed by atoms with E-state index in [1.807, 2.05) is 56.0 Å². The Bertz CT molecular complexity index is 598. The van der Waals surface area contributed by atoms with Gasteiger partial charge in [0.15, 0.2) is 0 Å². The fraction of sp³-hybridized carbons (Fsp3) is 0.500. The Hall–Kier alpha value is -2.21. The Kier molecular flexibility index (Phi) is 6.49. The van der Waals surface area contributed by atoms with Crippen molar-refractivity contribution in [2.24, 2.45) is 5.10 Å². The monoisotopic (exact) mass is 330 g/mol. The lowest BCUT2D eigenvalue weighted by molar-refractivity contribution is -0.132. The van der Waals surface area contributed by atoms with Crippen molar-refractivity contribution < 1.29 is 9.59 Å². The molecule has 1 heterocycles. The molecule has 24 heavy (non-hydrogen) atoms. The van der Waals surface area contributed by atoms with E-state index in [0.29, 0.717) is 13.1 Å². The van der Waals surface area contributed by atoms with Crippen molar-refractivity contribution >= 4 is 17.5 Å². The van der Waals surface area contributed by atoms with E-state index in [-0.39, 0.29) is 30.9 Å². The zero-order valence-electron chi connectivity index (χ0n) is 14.7. The number of benzene rings is 1. The second-order valence-electron chi connectivity index (χ2n) is 6.21. The SMILES string of the molecule is CCN(CC(=O)NC(C)C)CC(=O)N1CCC(c2ccccc2)=N1. The third-order valence-corrected chi connectivity index (χ3v) is 3.82. The van der Waals surface area contributed by atoms with Gasteiger partial charge in [0.2, 0.25) is 5.91 Å². The summed E-state index contributed by atoms with van der Waals surface area (Å²) in [5.74, 6) is -0.130. The number of nitrogens with zero attached hydrogens (tertiary/aromatic N) is 3. The molecule has 0 atom stereocenters. The first-order valence-electron chi connectivity index (χ1n) is 8.44. The Balaban J connectivity index is 1.91. The van der Waals surface area contributed by atoms with E-state index in [4.69, 9.17) is 0 Å². The predicted molar refractivity (Wildman–Crippen MR) is 94.7 cm³/mol. The van der Waals surface area contributed by atoms with E-state index in [0.717, 1.165) is 17.7 Å². The molecule has 0 spiro atoms. The minimum atomic E-state index is -0.0693. The largest absolute Gasteiger partial charge is 0.353 e. The summed E-state index contributed by atoms with van der Waals surface area (Å²) in [6, 6.07) is 10.00. The van der Waals surface area contributed by atoms with Gasteiger partial charge in [0.05, 0.1) is 25.3 Å². The summed E-state index contributed by atoms with van der Waals surface area (Å²) in [5, 5.41) is 8.81. The van der Waals surface area contributed by atoms with Crippen LogP contribution in [0.3, 0.4) is 0 Å². The number of hydrazone groups is 1. The average Bonchev–Trinajstić information content (AvgIpc) is 3.04. The number of carbonyl (C=O) groups is 2. The summed E-state index contributed by atoms with van der Waals surface area (Å²) in [4.78, 5) is 26.1. The molecule has 0 radical (unpaired) electrons. The Labute approximate surface area is 143 Å². The predicted octanol–water partition coefficient (Wildman–Crippen LogP) is 1.47. The topological polar surface area (TPSA) is 65.0 Å². The van der Waals surface area contributed by atoms with Crippen LogP contribution in [0.2, 0.25) is 0 Å². The molecule has 0 aliphatic carbocycles. The zero-order valence-corrected chi connectivity index (χ0v) is 14.7. The van der Waals surface area contributed by atoms with Crippen LogP contribution in [0.4, 0.5) is 0 Å². The first-order chi connectivity index (χ1) is 11.5. The fourth-order valence-electron chi connectivity index (χ4n) is 2.59. The third kappa shape index (κ3) is 5.16. The molecule has 2 rings (SSSR count). The maximum atomic E-state index is 12.4. The van der Waals surface area contributed by atoms with Gasteiger partial charge in [0.1, 0.15) is 0 Å². The van der Waals surface area contributed by atoms with Crippen LogP contribution in [0.1, 0.15) is 32.8 Å². The van der Waals surface area contributed by atoms with E-state index in [2.05, 4.69) is 10.4 Å². The van der Waals surface area contributed by atoms with Crippen molar-refractivity contribution in [3.05, 3.63) is 35.9 Å². The standard InChI is InChI=1S/C18H26N4O2/c1-4-21(12-17(23)19-14(2)3)13-18(24)22-11-10-16(20-22)15-8-6-5-7-9-15/h5-9,14H,4,10-13H2,1-3H3,(H,19,23). The maximum Gasteiger partial charge on any atom is 0.256 e. The van der Waals surface area contributed by atoms with Crippen LogP contribution < -0.4 is 5.32 Å². The number of carbonyl (C=O) groups excluding carboxylic acids is 2. The molecule has 6 nitrogen and oxygen atoms in total. The van der Waals surface area contributed by atoms with Gasteiger partial charge in [-0.15, -0.1) is 0 Å². The average molecular weight is 330 g/mol. The lowest BCUT2D eigenvalue weighted by atomic mass is 10.1. The van der Waals surface area contributed by atoms with Crippen molar-refractivity contribution in [1.82, 2.24) is 15.2 Å². The van der Waals surface area contributed by atoms with Crippen molar-refractivity contribution in [3.8, 4) is 0 Å². The molecule has 0 fully saturated rings. The highest BCUT2D eigenvalue weighted by molar-refractivity contribution is 6.02. The van der Waals surface area contributed by atoms with Crippen LogP contribution >= 0.6 is 0 Å². The van der Waals surface area contributed by atoms with Crippen molar-refractivity contribution in [1.29, 1.82) is 0 Å². The minimum Gasteiger partial charge on any atom is -0.353 e. The van der Waals surface area contributed by atoms with Crippen LogP contribution in [0.15, 0.2) is 35.4 Å². The van der Waals surface area contributed by atoms with Gasteiger partial charge in [0, 0.05) is 12.5 Å². The molecule has 0 saturated carbocycles. The van der Waals surface area contributed by atoms with E-state index in [9.17, 15) is 9.59 Å². The van der Waals surface area contributed by atoms with Gasteiger partial charge in [-0.25, -0.2) is 5.01 Å². The summed E-state index contributed by atoms with van der Waals surface area (Å²) >= 11 is 0. The van der Waals surface area contributed by atoms with Gasteiger partial charge in [-0.05, 0) is 26.0 Å². The number of hydrogen-bond donors (Lipinski definition) is 1. The van der Waals surface area contributed by atoms with Gasteiger partial charge >= 0.3 is 0 Å². The third-order valence-electron chi connectivity index (χ3n) is 3.82. The van der Waals surface area contributed by atoms with Gasteiger partial charge in [0.25, 0.3) is 5.91 Å². The lowest BCUT2D eigenvalue weighted by Crippen LogP contribution is -2.44. The normalized spacial score (nSPS) is 14.2. The van der Waals surface area contributed by atoms with Crippen LogP contribution in [-0.2, 0) is 9.59 Å². The molecule has 0 saturated heterocycles. The molecule has 1 aliphatic heterocycles. The van der Waals surface area contributed by atoms with Gasteiger partial charge in [-0.1, -0.05) is 37.3 Å². The number of amides is 2. The lowest BCUT2D eigenvalue weighted by Gasteiger charge is -2.22. The summed E-state index contributed by atoms with van der Waals surface area (Å²) in [7, 11) is 0. The van der Waals surface area contributed by atoms with E-state index in [1.54, 1.807) is 0 Å². The summed E-state index contributed by atoms with van der Waals surface area (Å²) in [6.07, 6.45) is 0.760. The molecular weight excluding hydrogens is 304 g/mol. The summed E-state index contributed by atoms with van der Waals surface area (Å²) in [6.45, 7) is 7.45. The quantitative estimate of drug-likeness (QED) is 0.823. The van der Waals surface area contributed by atoms with Crippen molar-refractivity contribution in [3.63, 3.8) is 0 Å². The highest BCUT2D eigenvalue weighted by atomic mass is 16.2. The number of likely N-dealkylation sites (N-methyl/N-ethyl adjacent to an activating group) is 1. The van der Waals surface area contributed by atoms with Gasteiger partial charge < -0.3 is 5.32 Å². The summed E-state index contributed by atoms with van der Waals surface area (Å²) in [5.41, 5.74) is 1.99. The van der Waals surface area contributed by atoms with E-state index in [1.165, 1.54) is 5.01 Å². The first kappa shape index (κ1) is 18.1. The molecular formula is C18H26N4O2. The molecule has 1 aliphatic rings. The molecule has 0 bridgehead atoms. The van der Waals surface area contributed by atoms with E-state index >= 15 is 0 Å². The smallest absolute Gasteiger partial charge is 0.256 e. The second-order valence-corrected chi connectivity index (χ2v) is 6.21. The molecule has 0 aromatic heterocycles. The molecule has 130 valence electrons. The molecule has 1 aromatic rings. The number of hydrogen-bond acceptors (Lipinski definition) is 4. The van der Waals surface area contributed by atoms with Crippen molar-refractivity contribution in [2.75, 3.05) is 26.2 Å². The molecule has 2 amide bonds. The van der Waals surface area contributed by atoms with Crippen LogP contribution in [0.25, 0.3) is 0 Å². The zero-order chi connectivity index (χ0) is 17.5. The number of nitrogens with one attached hydrogen (secondary N) is 1. The Morgan fingerprint density at radius 2 is 1.96 bits per heavy atom. The highest BCUT2D eigenvalue weighted by Crippen LogP contribution is 2.13. The summed E-state index contributed by atoms with van der Waals surface area (Å²) < 4.78 is 0. The highest BCUT2D eigenvalue weighted by Gasteiger charge is 2.23. The minimum absolute atomic E-state index is 0.0606. The van der Waals surface area contributed by atoms with Gasteiger partial charge in [-0.2, -0.15) is 5.10 Å². The molecule has 6 heteroatoms. The van der Waals surface area contributed by atoms with E-state index < -0.39 is 0 Å². The van der Waals surface area contributed by atoms with Crippen LogP contribution in [-0.4, -0.2) is 59.7 Å². The van der Waals surface area contributed by atoms with Crippen LogP contribution in [0, 0.1) is 0 Å². The molecule has 0 unspecified atom stereocenters.